The summed E-state index contributed by atoms with van der Waals surface area (Å²) >= 11 is 0. The van der Waals surface area contributed by atoms with E-state index in [9.17, 15) is 0 Å². The summed E-state index contributed by atoms with van der Waals surface area (Å²) in [5.41, 5.74) is 0. The first-order chi connectivity index (χ1) is 7.95. The van der Waals surface area contributed by atoms with E-state index in [4.69, 9.17) is 0 Å². The Bertz CT molecular complexity index is 239. The molecular formula is C15H22NY-. The molecule has 0 aliphatic heterocycles. The van der Waals surface area contributed by atoms with Crippen molar-refractivity contribution in [3.05, 3.63) is 42.8 Å². The minimum Gasteiger partial charge on any atom is -0.328 e. The smallest absolute Gasteiger partial charge is 0.00707 e. The van der Waals surface area contributed by atoms with Gasteiger partial charge in [-0.2, -0.15) is 12.8 Å². The van der Waals surface area contributed by atoms with Gasteiger partial charge in [0.15, 0.2) is 0 Å². The van der Waals surface area contributed by atoms with Crippen molar-refractivity contribution < 1.29 is 32.7 Å². The Kier molecular flexibility index (Phi) is 8.34. The monoisotopic (exact) mass is 305 g/mol. The number of benzene rings is 1. The molecule has 2 aliphatic carbocycles. The van der Waals surface area contributed by atoms with Crippen molar-refractivity contribution in [2.75, 3.05) is 0 Å². The average Bonchev–Trinajstić information content (AvgIpc) is 3.17. The third-order valence-electron chi connectivity index (χ3n) is 3.15. The molecule has 2 fully saturated rings. The zero-order chi connectivity index (χ0) is 11.1. The van der Waals surface area contributed by atoms with E-state index in [1.54, 1.807) is 0 Å². The van der Waals surface area contributed by atoms with Crippen LogP contribution in [0.2, 0.25) is 0 Å². The first-order valence-electron chi connectivity index (χ1n) is 6.53. The van der Waals surface area contributed by atoms with Gasteiger partial charge < -0.3 is 11.7 Å². The van der Waals surface area contributed by atoms with E-state index in [0.29, 0.717) is 0 Å². The number of nitrogens with one attached hydrogen (secondary N) is 1. The first kappa shape index (κ1) is 15.3. The second-order valence-electron chi connectivity index (χ2n) is 4.74. The molecule has 0 atom stereocenters. The summed E-state index contributed by atoms with van der Waals surface area (Å²) < 4.78 is 0. The molecular weight excluding hydrogens is 283 g/mol. The third-order valence-corrected chi connectivity index (χ3v) is 3.15. The molecule has 2 saturated carbocycles. The molecule has 1 radical (unpaired) electrons. The molecule has 0 unspecified atom stereocenters. The summed E-state index contributed by atoms with van der Waals surface area (Å²) in [7, 11) is 0. The molecule has 2 aliphatic rings. The average molecular weight is 305 g/mol. The van der Waals surface area contributed by atoms with Crippen LogP contribution in [-0.2, 0) is 32.7 Å². The molecule has 1 N–H and O–H groups in total. The van der Waals surface area contributed by atoms with Crippen molar-refractivity contribution in [3.8, 4) is 0 Å². The van der Waals surface area contributed by atoms with Crippen LogP contribution in [0, 0.1) is 6.42 Å². The van der Waals surface area contributed by atoms with E-state index in [-0.39, 0.29) is 32.7 Å². The predicted molar refractivity (Wildman–Crippen MR) is 69.2 cm³/mol. The summed E-state index contributed by atoms with van der Waals surface area (Å²) in [5, 5.41) is 3.67. The van der Waals surface area contributed by atoms with Crippen LogP contribution in [0.15, 0.2) is 36.4 Å². The summed E-state index contributed by atoms with van der Waals surface area (Å²) in [6.45, 7) is 0. The van der Waals surface area contributed by atoms with Crippen LogP contribution in [0.1, 0.15) is 38.5 Å². The van der Waals surface area contributed by atoms with Crippen LogP contribution >= 0.6 is 0 Å². The summed E-state index contributed by atoms with van der Waals surface area (Å²) in [6.07, 6.45) is 10.7. The van der Waals surface area contributed by atoms with Crippen LogP contribution in [0.3, 0.4) is 0 Å². The van der Waals surface area contributed by atoms with E-state index < -0.39 is 0 Å². The SMILES string of the molecule is [CH-]1CCC(NC2CC2)CC1.[Y].c1ccccc1. The van der Waals surface area contributed by atoms with Crippen LogP contribution < -0.4 is 5.32 Å². The summed E-state index contributed by atoms with van der Waals surface area (Å²) in [5.74, 6) is 0. The van der Waals surface area contributed by atoms with E-state index in [0.717, 1.165) is 12.1 Å². The quantitative estimate of drug-likeness (QED) is 0.824. The number of hydrogen-bond donors (Lipinski definition) is 1. The molecule has 17 heavy (non-hydrogen) atoms. The molecule has 0 amide bonds. The van der Waals surface area contributed by atoms with Crippen LogP contribution in [0.4, 0.5) is 0 Å². The van der Waals surface area contributed by atoms with Crippen molar-refractivity contribution in [2.24, 2.45) is 0 Å². The largest absolute Gasteiger partial charge is 0.328 e. The van der Waals surface area contributed by atoms with Crippen LogP contribution in [0.5, 0.6) is 0 Å². The molecule has 3 rings (SSSR count). The van der Waals surface area contributed by atoms with Crippen LogP contribution in [-0.4, -0.2) is 12.1 Å². The molecule has 0 heterocycles. The Labute approximate surface area is 131 Å². The molecule has 2 heteroatoms. The van der Waals surface area contributed by atoms with Crippen molar-refractivity contribution in [2.45, 2.75) is 50.6 Å². The van der Waals surface area contributed by atoms with Gasteiger partial charge in [-0.1, -0.05) is 49.2 Å². The maximum absolute atomic E-state index is 3.67. The minimum atomic E-state index is 0. The van der Waals surface area contributed by atoms with Gasteiger partial charge in [0.1, 0.15) is 0 Å². The van der Waals surface area contributed by atoms with Gasteiger partial charge in [0.2, 0.25) is 0 Å². The van der Waals surface area contributed by atoms with Gasteiger partial charge in [-0.25, -0.2) is 0 Å². The molecule has 0 bridgehead atoms. The predicted octanol–water partition coefficient (Wildman–Crippen LogP) is 3.57. The fourth-order valence-electron chi connectivity index (χ4n) is 2.06. The molecule has 1 aromatic carbocycles. The topological polar surface area (TPSA) is 12.0 Å². The Balaban J connectivity index is 0.000000180. The Morgan fingerprint density at radius 2 is 1.12 bits per heavy atom. The Hall–Kier alpha value is 0.284. The van der Waals surface area contributed by atoms with E-state index in [2.05, 4.69) is 11.7 Å². The van der Waals surface area contributed by atoms with E-state index in [1.807, 2.05) is 36.4 Å². The third kappa shape index (κ3) is 7.33. The Morgan fingerprint density at radius 1 is 0.706 bits per heavy atom. The van der Waals surface area contributed by atoms with Gasteiger partial charge in [-0.05, 0) is 12.8 Å². The summed E-state index contributed by atoms with van der Waals surface area (Å²) in [6, 6.07) is 13.8. The van der Waals surface area contributed by atoms with Crippen molar-refractivity contribution in [1.82, 2.24) is 5.32 Å². The summed E-state index contributed by atoms with van der Waals surface area (Å²) in [4.78, 5) is 0. The number of hydrogen-bond acceptors (Lipinski definition) is 1. The maximum atomic E-state index is 3.67. The van der Waals surface area contributed by atoms with Gasteiger partial charge in [0.05, 0.1) is 0 Å². The number of rotatable bonds is 2. The minimum absolute atomic E-state index is 0. The molecule has 0 spiro atoms. The molecule has 91 valence electrons. The first-order valence-corrected chi connectivity index (χ1v) is 6.53. The zero-order valence-corrected chi connectivity index (χ0v) is 13.4. The fourth-order valence-corrected chi connectivity index (χ4v) is 2.06. The standard InChI is InChI=1S/C9H16N.C6H6.Y/c1-2-4-8(5-3-1)10-9-6-7-9;1-2-4-6-5-3-1;/h1,8-10H,2-7H2;1-6H;/q-1;;. The van der Waals surface area contributed by atoms with Crippen molar-refractivity contribution >= 4 is 0 Å². The van der Waals surface area contributed by atoms with Gasteiger partial charge >= 0.3 is 0 Å². The second kappa shape index (κ2) is 9.25. The molecule has 0 saturated heterocycles. The fraction of sp³-hybridized carbons (Fsp3) is 0.533. The molecule has 1 nitrogen and oxygen atoms in total. The Morgan fingerprint density at radius 3 is 1.53 bits per heavy atom. The maximum Gasteiger partial charge on any atom is 0.00707 e. The van der Waals surface area contributed by atoms with Crippen molar-refractivity contribution in [1.29, 1.82) is 0 Å². The van der Waals surface area contributed by atoms with Gasteiger partial charge in [0, 0.05) is 44.8 Å². The normalized spacial score (nSPS) is 19.8. The van der Waals surface area contributed by atoms with Gasteiger partial charge in [-0.15, -0.1) is 0 Å². The van der Waals surface area contributed by atoms with E-state index >= 15 is 0 Å². The van der Waals surface area contributed by atoms with Gasteiger partial charge in [-0.3, -0.25) is 0 Å². The zero-order valence-electron chi connectivity index (χ0n) is 10.5. The van der Waals surface area contributed by atoms with Gasteiger partial charge in [0.25, 0.3) is 0 Å². The van der Waals surface area contributed by atoms with Crippen molar-refractivity contribution in [3.63, 3.8) is 0 Å². The van der Waals surface area contributed by atoms with Crippen LogP contribution in [0.25, 0.3) is 0 Å². The molecule has 0 aromatic heterocycles. The van der Waals surface area contributed by atoms with E-state index in [1.165, 1.54) is 38.5 Å². The molecule has 1 aromatic rings. The second-order valence-corrected chi connectivity index (χ2v) is 4.74.